The molecule has 25 heavy (non-hydrogen) atoms. The molecule has 1 amide bonds. The van der Waals surface area contributed by atoms with Crippen LogP contribution < -0.4 is 10.1 Å². The summed E-state index contributed by atoms with van der Waals surface area (Å²) in [6.07, 6.45) is -4.57. The van der Waals surface area contributed by atoms with Crippen molar-refractivity contribution < 1.29 is 27.2 Å². The molecule has 0 saturated heterocycles. The molecule has 6 nitrogen and oxygen atoms in total. The second kappa shape index (κ2) is 7.12. The first-order chi connectivity index (χ1) is 11.5. The smallest absolute Gasteiger partial charge is 0.406 e. The number of amides is 1. The van der Waals surface area contributed by atoms with E-state index in [-0.39, 0.29) is 30.5 Å². The summed E-state index contributed by atoms with van der Waals surface area (Å²) in [7, 11) is 0. The molecule has 1 aromatic heterocycles. The van der Waals surface area contributed by atoms with Crippen molar-refractivity contribution in [3.05, 3.63) is 41.5 Å². The number of nitrogens with zero attached hydrogens (tertiary/aromatic N) is 2. The lowest BCUT2D eigenvalue weighted by molar-refractivity contribution is -0.274. The van der Waals surface area contributed by atoms with Crippen molar-refractivity contribution in [3.8, 4) is 5.75 Å². The number of benzene rings is 1. The predicted octanol–water partition coefficient (Wildman–Crippen LogP) is 3.22. The highest BCUT2D eigenvalue weighted by molar-refractivity contribution is 5.81. The van der Waals surface area contributed by atoms with Crippen LogP contribution in [0.3, 0.4) is 0 Å². The maximum Gasteiger partial charge on any atom is 0.573 e. The van der Waals surface area contributed by atoms with Gasteiger partial charge in [0.2, 0.25) is 11.8 Å². The summed E-state index contributed by atoms with van der Waals surface area (Å²) < 4.78 is 45.6. The molecule has 0 radical (unpaired) electrons. The van der Waals surface area contributed by atoms with Gasteiger partial charge in [-0.05, 0) is 17.7 Å². The quantitative estimate of drug-likeness (QED) is 0.889. The second-order valence-corrected chi connectivity index (χ2v) is 6.41. The van der Waals surface area contributed by atoms with Gasteiger partial charge in [0.15, 0.2) is 5.82 Å². The Morgan fingerprint density at radius 2 is 2.00 bits per heavy atom. The molecule has 1 heterocycles. The molecule has 0 bridgehead atoms. The van der Waals surface area contributed by atoms with Crippen LogP contribution in [-0.4, -0.2) is 22.4 Å². The summed E-state index contributed by atoms with van der Waals surface area (Å²) in [6, 6.07) is 5.53. The number of ether oxygens (including phenoxy) is 1. The molecular weight excluding hydrogens is 339 g/mol. The largest absolute Gasteiger partial charge is 0.573 e. The fourth-order valence-electron chi connectivity index (χ4n) is 1.89. The number of carbonyl (C=O) groups excluding carboxylic acids is 1. The van der Waals surface area contributed by atoms with Gasteiger partial charge in [-0.15, -0.1) is 13.2 Å². The van der Waals surface area contributed by atoms with E-state index in [9.17, 15) is 18.0 Å². The van der Waals surface area contributed by atoms with Gasteiger partial charge in [0.05, 0.1) is 6.54 Å². The monoisotopic (exact) mass is 357 g/mol. The van der Waals surface area contributed by atoms with Crippen molar-refractivity contribution in [2.45, 2.75) is 40.1 Å². The summed E-state index contributed by atoms with van der Waals surface area (Å²) in [4.78, 5) is 15.9. The second-order valence-electron chi connectivity index (χ2n) is 6.41. The minimum Gasteiger partial charge on any atom is -0.406 e. The Hall–Kier alpha value is -2.58. The molecule has 2 aromatic rings. The van der Waals surface area contributed by atoms with Gasteiger partial charge in [-0.1, -0.05) is 38.1 Å². The highest BCUT2D eigenvalue weighted by atomic mass is 19.4. The van der Waals surface area contributed by atoms with E-state index in [1.807, 2.05) is 0 Å². The van der Waals surface area contributed by atoms with Gasteiger partial charge in [0.25, 0.3) is 0 Å². The van der Waals surface area contributed by atoms with E-state index in [4.69, 9.17) is 4.52 Å². The third-order valence-electron chi connectivity index (χ3n) is 3.09. The molecule has 0 spiro atoms. The van der Waals surface area contributed by atoms with E-state index in [1.165, 1.54) is 18.2 Å². The fourth-order valence-corrected chi connectivity index (χ4v) is 1.89. The summed E-state index contributed by atoms with van der Waals surface area (Å²) >= 11 is 0. The summed E-state index contributed by atoms with van der Waals surface area (Å²) in [6.45, 7) is 5.41. The first-order valence-corrected chi connectivity index (χ1v) is 7.47. The molecule has 2 rings (SSSR count). The molecule has 1 aromatic carbocycles. The predicted molar refractivity (Wildman–Crippen MR) is 81.5 cm³/mol. The molecular formula is C16H18F3N3O3. The van der Waals surface area contributed by atoms with E-state index >= 15 is 0 Å². The van der Waals surface area contributed by atoms with Crippen LogP contribution in [0.2, 0.25) is 0 Å². The lowest BCUT2D eigenvalue weighted by Crippen LogP contribution is -2.34. The van der Waals surface area contributed by atoms with Crippen LogP contribution in [-0.2, 0) is 17.8 Å². The zero-order chi connectivity index (χ0) is 18.7. The normalized spacial score (nSPS) is 12.1. The number of carbonyl (C=O) groups is 1. The van der Waals surface area contributed by atoms with Gasteiger partial charge in [-0.3, -0.25) is 4.79 Å². The van der Waals surface area contributed by atoms with E-state index in [1.54, 1.807) is 26.8 Å². The van der Waals surface area contributed by atoms with Gasteiger partial charge in [-0.25, -0.2) is 0 Å². The number of halogens is 3. The minimum absolute atomic E-state index is 0.0837. The van der Waals surface area contributed by atoms with Crippen LogP contribution in [0.4, 0.5) is 13.2 Å². The minimum atomic E-state index is -4.75. The maximum absolute atomic E-state index is 12.2. The van der Waals surface area contributed by atoms with Gasteiger partial charge in [0.1, 0.15) is 5.75 Å². The van der Waals surface area contributed by atoms with E-state index < -0.39 is 11.8 Å². The van der Waals surface area contributed by atoms with Gasteiger partial charge >= 0.3 is 6.36 Å². The average Bonchev–Trinajstić information content (AvgIpc) is 2.89. The molecule has 0 fully saturated rings. The van der Waals surface area contributed by atoms with Crippen LogP contribution in [0.1, 0.15) is 38.0 Å². The van der Waals surface area contributed by atoms with Crippen LogP contribution >= 0.6 is 0 Å². The molecule has 0 aliphatic rings. The molecule has 0 unspecified atom stereocenters. The van der Waals surface area contributed by atoms with Crippen molar-refractivity contribution in [1.29, 1.82) is 0 Å². The SMILES string of the molecule is CC(C)(C)C(=O)NCc1nc(Cc2cccc(OC(F)(F)F)c2)no1. The van der Waals surface area contributed by atoms with Gasteiger partial charge in [-0.2, -0.15) is 4.98 Å². The van der Waals surface area contributed by atoms with E-state index in [2.05, 4.69) is 20.2 Å². The Labute approximate surface area is 142 Å². The van der Waals surface area contributed by atoms with Crippen molar-refractivity contribution in [1.82, 2.24) is 15.5 Å². The summed E-state index contributed by atoms with van der Waals surface area (Å²) in [5.41, 5.74) is -0.00488. The zero-order valence-corrected chi connectivity index (χ0v) is 14.0. The average molecular weight is 357 g/mol. The number of alkyl halides is 3. The highest BCUT2D eigenvalue weighted by Crippen LogP contribution is 2.24. The molecule has 0 aliphatic carbocycles. The number of hydrogen-bond acceptors (Lipinski definition) is 5. The number of rotatable bonds is 5. The fraction of sp³-hybridized carbons (Fsp3) is 0.438. The van der Waals surface area contributed by atoms with Crippen molar-refractivity contribution in [2.75, 3.05) is 0 Å². The lowest BCUT2D eigenvalue weighted by atomic mass is 9.96. The van der Waals surface area contributed by atoms with Crippen LogP contribution in [0, 0.1) is 5.41 Å². The lowest BCUT2D eigenvalue weighted by Gasteiger charge is -2.16. The molecule has 1 N–H and O–H groups in total. The van der Waals surface area contributed by atoms with E-state index in [0.29, 0.717) is 11.4 Å². The van der Waals surface area contributed by atoms with Crippen molar-refractivity contribution >= 4 is 5.91 Å². The third-order valence-corrected chi connectivity index (χ3v) is 3.09. The Kier molecular flexibility index (Phi) is 5.34. The van der Waals surface area contributed by atoms with Gasteiger partial charge < -0.3 is 14.6 Å². The zero-order valence-electron chi connectivity index (χ0n) is 14.0. The number of aromatic nitrogens is 2. The Morgan fingerprint density at radius 3 is 2.64 bits per heavy atom. The Morgan fingerprint density at radius 1 is 1.28 bits per heavy atom. The van der Waals surface area contributed by atoms with E-state index in [0.717, 1.165) is 0 Å². The molecule has 136 valence electrons. The first-order valence-electron chi connectivity index (χ1n) is 7.47. The van der Waals surface area contributed by atoms with Crippen LogP contribution in [0.25, 0.3) is 0 Å². The Balaban J connectivity index is 1.97. The topological polar surface area (TPSA) is 77.2 Å². The standard InChI is InChI=1S/C16H18F3N3O3/c1-15(2,3)14(23)20-9-13-21-12(22-25-13)8-10-5-4-6-11(7-10)24-16(17,18)19/h4-7H,8-9H2,1-3H3,(H,20,23). The van der Waals surface area contributed by atoms with Crippen LogP contribution in [0.15, 0.2) is 28.8 Å². The molecule has 9 heteroatoms. The first kappa shape index (κ1) is 18.8. The Bertz CT molecular complexity index is 736. The van der Waals surface area contributed by atoms with Crippen molar-refractivity contribution in [2.24, 2.45) is 5.41 Å². The number of nitrogens with one attached hydrogen (secondary N) is 1. The third kappa shape index (κ3) is 6.09. The summed E-state index contributed by atoms with van der Waals surface area (Å²) in [5, 5.41) is 6.43. The highest BCUT2D eigenvalue weighted by Gasteiger charge is 2.31. The van der Waals surface area contributed by atoms with Gasteiger partial charge in [0, 0.05) is 11.8 Å². The molecule has 0 atom stereocenters. The van der Waals surface area contributed by atoms with Crippen molar-refractivity contribution in [3.63, 3.8) is 0 Å². The molecule has 0 saturated carbocycles. The molecule has 0 aliphatic heterocycles. The maximum atomic E-state index is 12.2. The van der Waals surface area contributed by atoms with Crippen LogP contribution in [0.5, 0.6) is 5.75 Å². The number of hydrogen-bond donors (Lipinski definition) is 1. The summed E-state index contributed by atoms with van der Waals surface area (Å²) in [5.74, 6) is 0.0369.